The van der Waals surface area contributed by atoms with E-state index in [1.165, 1.54) is 4.70 Å². The van der Waals surface area contributed by atoms with Gasteiger partial charge in [-0.2, -0.15) is 0 Å². The molecule has 1 N–H and O–H groups in total. The van der Waals surface area contributed by atoms with Crippen LogP contribution in [0.3, 0.4) is 0 Å². The summed E-state index contributed by atoms with van der Waals surface area (Å²) in [4.78, 5) is 0.837. The Morgan fingerprint density at radius 3 is 3.00 bits per heavy atom. The fourth-order valence-electron chi connectivity index (χ4n) is 1.25. The van der Waals surface area contributed by atoms with Crippen LogP contribution in [0.15, 0.2) is 26.9 Å². The molecule has 0 aliphatic carbocycles. The van der Waals surface area contributed by atoms with E-state index >= 15 is 0 Å². The van der Waals surface area contributed by atoms with E-state index in [2.05, 4.69) is 28.6 Å². The van der Waals surface area contributed by atoms with Crippen molar-refractivity contribution in [1.29, 1.82) is 0 Å². The fraction of sp³-hybridized carbons (Fsp3) is 0.111. The van der Waals surface area contributed by atoms with E-state index in [0.29, 0.717) is 0 Å². The zero-order valence-electron chi connectivity index (χ0n) is 6.62. The van der Waals surface area contributed by atoms with Gasteiger partial charge in [-0.3, -0.25) is 0 Å². The van der Waals surface area contributed by atoms with Crippen molar-refractivity contribution in [3.63, 3.8) is 0 Å². The summed E-state index contributed by atoms with van der Waals surface area (Å²) in [6.45, 7) is 0.0191. The molecule has 1 aromatic carbocycles. The van der Waals surface area contributed by atoms with Crippen LogP contribution >= 0.6 is 39.9 Å². The van der Waals surface area contributed by atoms with Crippen LogP contribution in [-0.2, 0) is 6.61 Å². The van der Waals surface area contributed by atoms with Gasteiger partial charge in [0.25, 0.3) is 0 Å². The number of fused-ring (bicyclic) bond motifs is 1. The molecular weight excluding hydrogens is 268 g/mol. The molecule has 0 unspecified atom stereocenters. The standard InChI is InChI=1S/C9H7BrOS2/c10-9-5-1-2-13-8(5)3-7(12)6(9)4-11/h1-3,11-12H,4H2. The number of thiophene rings is 1. The highest BCUT2D eigenvalue weighted by Gasteiger charge is 2.08. The molecular formula is C9H7BrOS2. The minimum atomic E-state index is 0.0191. The van der Waals surface area contributed by atoms with E-state index in [-0.39, 0.29) is 6.61 Å². The van der Waals surface area contributed by atoms with Crippen LogP contribution in [0.25, 0.3) is 10.1 Å². The van der Waals surface area contributed by atoms with Gasteiger partial charge in [-0.25, -0.2) is 0 Å². The number of thiol groups is 1. The van der Waals surface area contributed by atoms with Gasteiger partial charge in [0.2, 0.25) is 0 Å². The van der Waals surface area contributed by atoms with Crippen molar-refractivity contribution >= 4 is 50.0 Å². The topological polar surface area (TPSA) is 20.2 Å². The molecule has 0 radical (unpaired) electrons. The normalized spacial score (nSPS) is 11.0. The number of aliphatic hydroxyl groups excluding tert-OH is 1. The maximum Gasteiger partial charge on any atom is 0.0704 e. The first-order valence-electron chi connectivity index (χ1n) is 3.72. The number of aliphatic hydroxyl groups is 1. The molecule has 2 aromatic rings. The predicted octanol–water partition coefficient (Wildman–Crippen LogP) is 3.44. The molecule has 0 fully saturated rings. The molecule has 0 saturated carbocycles. The van der Waals surface area contributed by atoms with Crippen molar-refractivity contribution in [2.45, 2.75) is 11.5 Å². The fourth-order valence-corrected chi connectivity index (χ4v) is 3.45. The summed E-state index contributed by atoms with van der Waals surface area (Å²) in [6, 6.07) is 4.02. The second-order valence-corrected chi connectivity index (χ2v) is 4.90. The molecule has 1 aromatic heterocycles. The lowest BCUT2D eigenvalue weighted by molar-refractivity contribution is 0.278. The number of benzene rings is 1. The molecule has 0 atom stereocenters. The summed E-state index contributed by atoms with van der Waals surface area (Å²) in [5.74, 6) is 0. The summed E-state index contributed by atoms with van der Waals surface area (Å²) in [7, 11) is 0. The van der Waals surface area contributed by atoms with E-state index in [1.54, 1.807) is 11.3 Å². The van der Waals surface area contributed by atoms with Crippen LogP contribution in [0.1, 0.15) is 5.56 Å². The molecule has 13 heavy (non-hydrogen) atoms. The molecule has 0 spiro atoms. The Hall–Kier alpha value is -0.0300. The molecule has 0 bridgehead atoms. The van der Waals surface area contributed by atoms with Gasteiger partial charge in [-0.05, 0) is 33.4 Å². The number of rotatable bonds is 1. The van der Waals surface area contributed by atoms with Gasteiger partial charge in [0.15, 0.2) is 0 Å². The summed E-state index contributed by atoms with van der Waals surface area (Å²) >= 11 is 9.46. The van der Waals surface area contributed by atoms with Crippen LogP contribution in [0.4, 0.5) is 0 Å². The quantitative estimate of drug-likeness (QED) is 0.764. The van der Waals surface area contributed by atoms with Gasteiger partial charge in [-0.1, -0.05) is 0 Å². The zero-order chi connectivity index (χ0) is 9.42. The van der Waals surface area contributed by atoms with Crippen molar-refractivity contribution in [3.05, 3.63) is 27.5 Å². The van der Waals surface area contributed by atoms with Crippen LogP contribution < -0.4 is 0 Å². The summed E-state index contributed by atoms with van der Waals surface area (Å²) in [6.07, 6.45) is 0. The molecule has 0 aliphatic rings. The molecule has 0 amide bonds. The van der Waals surface area contributed by atoms with Gasteiger partial charge >= 0.3 is 0 Å². The summed E-state index contributed by atoms with van der Waals surface area (Å²) in [5, 5.41) is 12.3. The Bertz CT molecular complexity index is 450. The molecule has 1 heterocycles. The van der Waals surface area contributed by atoms with Gasteiger partial charge < -0.3 is 5.11 Å². The first-order chi connectivity index (χ1) is 6.24. The first kappa shape index (κ1) is 9.52. The molecule has 2 rings (SSSR count). The second-order valence-electron chi connectivity index (χ2n) is 2.68. The van der Waals surface area contributed by atoms with E-state index in [4.69, 9.17) is 5.11 Å². The van der Waals surface area contributed by atoms with Crippen molar-refractivity contribution in [2.75, 3.05) is 0 Å². The first-order valence-corrected chi connectivity index (χ1v) is 5.84. The molecule has 68 valence electrons. The number of hydrogen-bond donors (Lipinski definition) is 2. The van der Waals surface area contributed by atoms with E-state index in [0.717, 1.165) is 20.3 Å². The van der Waals surface area contributed by atoms with Crippen LogP contribution in [0.5, 0.6) is 0 Å². The van der Waals surface area contributed by atoms with Crippen molar-refractivity contribution in [2.24, 2.45) is 0 Å². The average molecular weight is 275 g/mol. The highest BCUT2D eigenvalue weighted by atomic mass is 79.9. The lowest BCUT2D eigenvalue weighted by Crippen LogP contribution is -1.87. The predicted molar refractivity (Wildman–Crippen MR) is 62.7 cm³/mol. The zero-order valence-corrected chi connectivity index (χ0v) is 9.92. The Kier molecular flexibility index (Phi) is 2.65. The monoisotopic (exact) mass is 274 g/mol. The number of halogens is 1. The van der Waals surface area contributed by atoms with E-state index < -0.39 is 0 Å². The Morgan fingerprint density at radius 1 is 1.54 bits per heavy atom. The van der Waals surface area contributed by atoms with E-state index in [1.807, 2.05) is 17.5 Å². The van der Waals surface area contributed by atoms with Crippen LogP contribution in [-0.4, -0.2) is 5.11 Å². The van der Waals surface area contributed by atoms with E-state index in [9.17, 15) is 0 Å². The third-order valence-corrected chi connectivity index (χ3v) is 4.10. The highest BCUT2D eigenvalue weighted by molar-refractivity contribution is 9.10. The van der Waals surface area contributed by atoms with Gasteiger partial charge in [0, 0.05) is 25.0 Å². The maximum atomic E-state index is 9.12. The molecule has 1 nitrogen and oxygen atoms in total. The largest absolute Gasteiger partial charge is 0.392 e. The Morgan fingerprint density at radius 2 is 2.31 bits per heavy atom. The minimum Gasteiger partial charge on any atom is -0.392 e. The van der Waals surface area contributed by atoms with Gasteiger partial charge in [-0.15, -0.1) is 24.0 Å². The Labute approximate surface area is 93.9 Å². The summed E-state index contributed by atoms with van der Waals surface area (Å²) < 4.78 is 2.15. The summed E-state index contributed by atoms with van der Waals surface area (Å²) in [5.41, 5.74) is 0.856. The second kappa shape index (κ2) is 3.61. The minimum absolute atomic E-state index is 0.0191. The van der Waals surface area contributed by atoms with Crippen molar-refractivity contribution < 1.29 is 5.11 Å². The van der Waals surface area contributed by atoms with Crippen LogP contribution in [0.2, 0.25) is 0 Å². The SMILES string of the molecule is OCc1c(S)cc2sccc2c1Br. The lowest BCUT2D eigenvalue weighted by Gasteiger charge is -2.05. The van der Waals surface area contributed by atoms with Crippen molar-refractivity contribution in [1.82, 2.24) is 0 Å². The third kappa shape index (κ3) is 1.52. The lowest BCUT2D eigenvalue weighted by atomic mass is 10.2. The third-order valence-electron chi connectivity index (χ3n) is 1.93. The molecule has 0 aliphatic heterocycles. The number of hydrogen-bond acceptors (Lipinski definition) is 3. The Balaban J connectivity index is 2.85. The van der Waals surface area contributed by atoms with Crippen molar-refractivity contribution in [3.8, 4) is 0 Å². The highest BCUT2D eigenvalue weighted by Crippen LogP contribution is 2.35. The molecule has 0 saturated heterocycles. The smallest absolute Gasteiger partial charge is 0.0704 e. The van der Waals surface area contributed by atoms with Crippen LogP contribution in [0, 0.1) is 0 Å². The van der Waals surface area contributed by atoms with Gasteiger partial charge in [0.05, 0.1) is 6.61 Å². The molecule has 4 heteroatoms. The van der Waals surface area contributed by atoms with Gasteiger partial charge in [0.1, 0.15) is 0 Å². The maximum absolute atomic E-state index is 9.12. The average Bonchev–Trinajstić information content (AvgIpc) is 2.53.